The van der Waals surface area contributed by atoms with E-state index in [2.05, 4.69) is 31.7 Å². The van der Waals surface area contributed by atoms with Crippen LogP contribution in [-0.4, -0.2) is 80.4 Å². The Morgan fingerprint density at radius 3 is 2.70 bits per heavy atom. The molecule has 6 atom stereocenters. The number of anilines is 1. The van der Waals surface area contributed by atoms with E-state index in [0.29, 0.717) is 17.1 Å². The van der Waals surface area contributed by atoms with Crippen LogP contribution in [0.3, 0.4) is 0 Å². The van der Waals surface area contributed by atoms with E-state index in [-0.39, 0.29) is 29.3 Å². The van der Waals surface area contributed by atoms with Crippen LogP contribution < -0.4 is 20.1 Å². The standard InChI is InChI=1S/C29H39ClN7O8P/c1-5-41-25-22-24(34-28(31)35-25)37(16-33-22)27-29(3,32-4)23(38)21(44-27)15-42-46(40,45-20-13-11-18(30)12-14-20)36-17(2)26(39)43-19-9-7-6-8-10-19/h11-14,16-17,19,21,23,27,38H,4-10,15H2,1-3H3,(H,36,40)(H2,31,34,35)/t17-,21+,23+,27+,29+,46?/m0/s1. The van der Waals surface area contributed by atoms with Gasteiger partial charge in [0.25, 0.3) is 0 Å². The third-order valence-corrected chi connectivity index (χ3v) is 9.92. The minimum absolute atomic E-state index is 0.0492. The molecule has 15 nitrogen and oxygen atoms in total. The summed E-state index contributed by atoms with van der Waals surface area (Å²) in [5.41, 5.74) is 5.22. The van der Waals surface area contributed by atoms with Crippen molar-refractivity contribution in [2.45, 2.75) is 89.0 Å². The number of esters is 1. The molecule has 0 bridgehead atoms. The number of nitrogens with one attached hydrogen (secondary N) is 1. The Hall–Kier alpha value is -3.33. The van der Waals surface area contributed by atoms with Gasteiger partial charge in [0.05, 0.1) is 19.5 Å². The van der Waals surface area contributed by atoms with Gasteiger partial charge in [0.2, 0.25) is 11.8 Å². The number of rotatable bonds is 13. The maximum Gasteiger partial charge on any atom is 0.459 e. The summed E-state index contributed by atoms with van der Waals surface area (Å²) in [6, 6.07) is 5.08. The summed E-state index contributed by atoms with van der Waals surface area (Å²) in [7, 11) is -4.29. The average Bonchev–Trinajstić information content (AvgIpc) is 3.56. The van der Waals surface area contributed by atoms with E-state index in [1.165, 1.54) is 25.4 Å². The maximum absolute atomic E-state index is 14.2. The highest BCUT2D eigenvalue weighted by Crippen LogP contribution is 2.48. The van der Waals surface area contributed by atoms with Gasteiger partial charge in [-0.3, -0.25) is 18.9 Å². The quantitative estimate of drug-likeness (QED) is 0.132. The molecule has 2 aromatic heterocycles. The lowest BCUT2D eigenvalue weighted by molar-refractivity contribution is -0.152. The smallest absolute Gasteiger partial charge is 0.459 e. The van der Waals surface area contributed by atoms with Crippen LogP contribution in [0, 0.1) is 0 Å². The predicted molar refractivity (Wildman–Crippen MR) is 170 cm³/mol. The third-order valence-electron chi connectivity index (χ3n) is 8.02. The molecular weight excluding hydrogens is 641 g/mol. The van der Waals surface area contributed by atoms with Gasteiger partial charge in [0.15, 0.2) is 17.4 Å². The van der Waals surface area contributed by atoms with E-state index in [4.69, 9.17) is 40.6 Å². The van der Waals surface area contributed by atoms with Crippen molar-refractivity contribution in [3.05, 3.63) is 35.6 Å². The predicted octanol–water partition coefficient (Wildman–Crippen LogP) is 4.24. The largest absolute Gasteiger partial charge is 0.476 e. The Morgan fingerprint density at radius 2 is 2.02 bits per heavy atom. The fourth-order valence-corrected chi connectivity index (χ4v) is 7.13. The summed E-state index contributed by atoms with van der Waals surface area (Å²) in [6.07, 6.45) is 2.49. The van der Waals surface area contributed by atoms with Gasteiger partial charge in [-0.25, -0.2) is 9.55 Å². The molecule has 1 aliphatic heterocycles. The van der Waals surface area contributed by atoms with Crippen LogP contribution in [0.4, 0.5) is 5.95 Å². The topological polar surface area (TPSA) is 195 Å². The Morgan fingerprint density at radius 1 is 1.30 bits per heavy atom. The molecule has 5 rings (SSSR count). The lowest BCUT2D eigenvalue weighted by Gasteiger charge is -2.29. The third kappa shape index (κ3) is 7.29. The minimum atomic E-state index is -4.29. The molecular formula is C29H39ClN7O8P. The van der Waals surface area contributed by atoms with Crippen LogP contribution >= 0.6 is 19.3 Å². The number of imidazole rings is 1. The Labute approximate surface area is 271 Å². The summed E-state index contributed by atoms with van der Waals surface area (Å²) in [5.74, 6) is -0.274. The van der Waals surface area contributed by atoms with Gasteiger partial charge in [-0.05, 0) is 77.4 Å². The summed E-state index contributed by atoms with van der Waals surface area (Å²) >= 11 is 6.01. The number of nitrogens with two attached hydrogens (primary N) is 1. The first-order valence-corrected chi connectivity index (χ1v) is 17.0. The fourth-order valence-electron chi connectivity index (χ4n) is 5.50. The molecule has 0 spiro atoms. The monoisotopic (exact) mass is 679 g/mol. The minimum Gasteiger partial charge on any atom is -0.476 e. The van der Waals surface area contributed by atoms with Gasteiger partial charge >= 0.3 is 13.7 Å². The van der Waals surface area contributed by atoms with Crippen molar-refractivity contribution < 1.29 is 37.7 Å². The summed E-state index contributed by atoms with van der Waals surface area (Å²) in [4.78, 5) is 29.9. The number of carbonyl (C=O) groups excluding carboxylic acids is 1. The van der Waals surface area contributed by atoms with E-state index in [9.17, 15) is 14.5 Å². The highest BCUT2D eigenvalue weighted by atomic mass is 35.5. The van der Waals surface area contributed by atoms with Crippen LogP contribution in [0.2, 0.25) is 5.02 Å². The number of aliphatic hydroxyl groups excluding tert-OH is 1. The van der Waals surface area contributed by atoms with Gasteiger partial charge < -0.3 is 29.6 Å². The summed E-state index contributed by atoms with van der Waals surface area (Å²) < 4.78 is 44.8. The Bertz CT molecular complexity index is 1590. The summed E-state index contributed by atoms with van der Waals surface area (Å²) in [6.45, 7) is 8.52. The second-order valence-electron chi connectivity index (χ2n) is 11.4. The molecule has 250 valence electrons. The van der Waals surface area contributed by atoms with Crippen LogP contribution in [0.25, 0.3) is 11.2 Å². The van der Waals surface area contributed by atoms with E-state index in [0.717, 1.165) is 32.1 Å². The van der Waals surface area contributed by atoms with Crippen LogP contribution in [-0.2, 0) is 23.4 Å². The zero-order valence-corrected chi connectivity index (χ0v) is 27.5. The average molecular weight is 680 g/mol. The number of halogens is 1. The number of hydrogen-bond acceptors (Lipinski definition) is 13. The number of fused-ring (bicyclic) bond motifs is 1. The molecule has 0 radical (unpaired) electrons. The number of aliphatic hydroxyl groups is 1. The first-order valence-electron chi connectivity index (χ1n) is 15.1. The molecule has 2 aliphatic rings. The number of aromatic nitrogens is 4. The SMILES string of the molecule is C=N[C@]1(C)[C@H](O)[C@@H](COP(=O)(N[C@@H](C)C(=O)OC2CCCCC2)Oc2ccc(Cl)cc2)O[C@H]1n1cnc2c(OCC)nc(N)nc21. The zero-order chi connectivity index (χ0) is 33.1. The number of benzene rings is 1. The molecule has 3 heterocycles. The van der Waals surface area contributed by atoms with Crippen molar-refractivity contribution in [1.29, 1.82) is 0 Å². The van der Waals surface area contributed by atoms with Crippen molar-refractivity contribution in [1.82, 2.24) is 24.6 Å². The molecule has 3 aromatic rings. The van der Waals surface area contributed by atoms with E-state index in [1.54, 1.807) is 30.5 Å². The van der Waals surface area contributed by atoms with E-state index >= 15 is 0 Å². The van der Waals surface area contributed by atoms with Gasteiger partial charge in [-0.2, -0.15) is 15.1 Å². The van der Waals surface area contributed by atoms with Gasteiger partial charge in [-0.15, -0.1) is 0 Å². The molecule has 0 amide bonds. The number of carbonyl (C=O) groups is 1. The second kappa shape index (κ2) is 14.2. The maximum atomic E-state index is 14.2. The van der Waals surface area contributed by atoms with Crippen LogP contribution in [0.15, 0.2) is 35.6 Å². The zero-order valence-electron chi connectivity index (χ0n) is 25.9. The highest BCUT2D eigenvalue weighted by Gasteiger charge is 2.55. The van der Waals surface area contributed by atoms with Gasteiger partial charge in [0.1, 0.15) is 35.6 Å². The van der Waals surface area contributed by atoms with Crippen molar-refractivity contribution >= 4 is 49.1 Å². The van der Waals surface area contributed by atoms with Crippen LogP contribution in [0.1, 0.15) is 59.1 Å². The first kappa shape index (κ1) is 34.0. The molecule has 4 N–H and O–H groups in total. The summed E-state index contributed by atoms with van der Waals surface area (Å²) in [5, 5.41) is 14.5. The van der Waals surface area contributed by atoms with Crippen molar-refractivity contribution in [2.75, 3.05) is 18.9 Å². The molecule has 2 fully saturated rings. The van der Waals surface area contributed by atoms with Gasteiger partial charge in [-0.1, -0.05) is 18.0 Å². The number of hydrogen-bond donors (Lipinski definition) is 3. The van der Waals surface area contributed by atoms with Crippen LogP contribution in [0.5, 0.6) is 11.6 Å². The molecule has 1 aliphatic carbocycles. The fraction of sp³-hybridized carbons (Fsp3) is 0.552. The normalized spacial score (nSPS) is 25.5. The molecule has 1 saturated heterocycles. The van der Waals surface area contributed by atoms with Gasteiger partial charge in [0, 0.05) is 5.02 Å². The number of nitrogens with zero attached hydrogens (tertiary/aromatic N) is 5. The van der Waals surface area contributed by atoms with Crippen molar-refractivity contribution in [3.8, 4) is 11.6 Å². The Balaban J connectivity index is 1.36. The van der Waals surface area contributed by atoms with Crippen molar-refractivity contribution in [3.63, 3.8) is 0 Å². The van der Waals surface area contributed by atoms with E-state index < -0.39 is 50.3 Å². The Kier molecular flexibility index (Phi) is 10.5. The molecule has 46 heavy (non-hydrogen) atoms. The molecule has 1 saturated carbocycles. The van der Waals surface area contributed by atoms with Crippen molar-refractivity contribution in [2.24, 2.45) is 4.99 Å². The lowest BCUT2D eigenvalue weighted by atomic mass is 9.93. The second-order valence-corrected chi connectivity index (χ2v) is 13.5. The number of aliphatic imine (C=N–C) groups is 1. The first-order chi connectivity index (χ1) is 22.0. The molecule has 1 aromatic carbocycles. The van der Waals surface area contributed by atoms with E-state index in [1.807, 2.05) is 0 Å². The lowest BCUT2D eigenvalue weighted by Crippen LogP contribution is -2.43. The molecule has 1 unspecified atom stereocenters. The number of nitrogen functional groups attached to an aromatic ring is 1. The number of ether oxygens (including phenoxy) is 3. The molecule has 17 heteroatoms. The highest BCUT2D eigenvalue weighted by molar-refractivity contribution is 7.52.